The number of amides is 1. The second kappa shape index (κ2) is 1.54. The maximum atomic E-state index is 10.7. The van der Waals surface area contributed by atoms with Gasteiger partial charge in [-0.05, 0) is 6.08 Å². The zero-order valence-corrected chi connectivity index (χ0v) is 5.59. The number of carbonyl (C=O) groups excluding carboxylic acids is 1. The molecule has 0 aromatic heterocycles. The SMILES string of the molecule is C=CC12CC(C1)NC(=O)O2. The molecule has 0 spiro atoms. The van der Waals surface area contributed by atoms with Crippen molar-refractivity contribution in [2.45, 2.75) is 24.5 Å². The topological polar surface area (TPSA) is 38.3 Å². The summed E-state index contributed by atoms with van der Waals surface area (Å²) in [7, 11) is 0. The summed E-state index contributed by atoms with van der Waals surface area (Å²) in [4.78, 5) is 10.7. The summed E-state index contributed by atoms with van der Waals surface area (Å²) in [6.07, 6.45) is 3.20. The molecule has 1 aliphatic carbocycles. The van der Waals surface area contributed by atoms with E-state index in [1.165, 1.54) is 0 Å². The van der Waals surface area contributed by atoms with E-state index in [9.17, 15) is 4.79 Å². The Morgan fingerprint density at radius 3 is 2.90 bits per heavy atom. The Hall–Kier alpha value is -0.990. The molecule has 3 heteroatoms. The van der Waals surface area contributed by atoms with E-state index in [1.807, 2.05) is 0 Å². The summed E-state index contributed by atoms with van der Waals surface area (Å²) in [5, 5.41) is 2.70. The minimum Gasteiger partial charge on any atom is -0.439 e. The van der Waals surface area contributed by atoms with Gasteiger partial charge in [-0.25, -0.2) is 4.79 Å². The molecule has 2 heterocycles. The normalized spacial score (nSPS) is 42.8. The molecule has 54 valence electrons. The first kappa shape index (κ1) is 5.77. The fourth-order valence-corrected chi connectivity index (χ4v) is 1.55. The maximum absolute atomic E-state index is 10.7. The van der Waals surface area contributed by atoms with Crippen molar-refractivity contribution < 1.29 is 9.53 Å². The molecule has 3 nitrogen and oxygen atoms in total. The lowest BCUT2D eigenvalue weighted by atomic mass is 9.74. The monoisotopic (exact) mass is 139 g/mol. The third-order valence-electron chi connectivity index (χ3n) is 2.17. The maximum Gasteiger partial charge on any atom is 0.408 e. The van der Waals surface area contributed by atoms with Crippen molar-refractivity contribution in [3.05, 3.63) is 12.7 Å². The molecule has 2 bridgehead atoms. The van der Waals surface area contributed by atoms with Crippen LogP contribution in [0.1, 0.15) is 12.8 Å². The largest absolute Gasteiger partial charge is 0.439 e. The van der Waals surface area contributed by atoms with E-state index in [2.05, 4.69) is 11.9 Å². The Morgan fingerprint density at radius 2 is 2.50 bits per heavy atom. The van der Waals surface area contributed by atoms with E-state index >= 15 is 0 Å². The zero-order valence-electron chi connectivity index (χ0n) is 5.59. The van der Waals surface area contributed by atoms with Crippen LogP contribution in [0.15, 0.2) is 12.7 Å². The molecule has 1 N–H and O–H groups in total. The first-order valence-electron chi connectivity index (χ1n) is 3.37. The van der Waals surface area contributed by atoms with Gasteiger partial charge in [0, 0.05) is 18.9 Å². The number of hydrogen-bond donors (Lipinski definition) is 1. The molecule has 0 radical (unpaired) electrons. The average molecular weight is 139 g/mol. The van der Waals surface area contributed by atoms with Crippen molar-refractivity contribution in [2.24, 2.45) is 0 Å². The van der Waals surface area contributed by atoms with Gasteiger partial charge in [0.05, 0.1) is 0 Å². The Kier molecular flexibility index (Phi) is 0.886. The summed E-state index contributed by atoms with van der Waals surface area (Å²) in [5.74, 6) is 0. The van der Waals surface area contributed by atoms with Gasteiger partial charge in [-0.1, -0.05) is 6.58 Å². The van der Waals surface area contributed by atoms with Crippen LogP contribution in [0.3, 0.4) is 0 Å². The van der Waals surface area contributed by atoms with Crippen molar-refractivity contribution in [2.75, 3.05) is 0 Å². The van der Waals surface area contributed by atoms with Crippen molar-refractivity contribution in [3.8, 4) is 0 Å². The van der Waals surface area contributed by atoms with Crippen LogP contribution in [0.2, 0.25) is 0 Å². The lowest BCUT2D eigenvalue weighted by molar-refractivity contribution is -0.0633. The highest BCUT2D eigenvalue weighted by atomic mass is 16.6. The van der Waals surface area contributed by atoms with E-state index in [0.29, 0.717) is 6.04 Å². The number of ether oxygens (including phenoxy) is 1. The van der Waals surface area contributed by atoms with Crippen molar-refractivity contribution >= 4 is 6.09 Å². The van der Waals surface area contributed by atoms with Gasteiger partial charge in [-0.2, -0.15) is 0 Å². The molecule has 0 aromatic carbocycles. The number of nitrogens with one attached hydrogen (secondary N) is 1. The van der Waals surface area contributed by atoms with Gasteiger partial charge < -0.3 is 10.1 Å². The molecule has 3 rings (SSSR count). The molecule has 1 saturated carbocycles. The number of alkyl carbamates (subject to hydrolysis) is 1. The average Bonchev–Trinajstić information content (AvgIpc) is 1.84. The molecule has 0 aromatic rings. The predicted molar refractivity (Wildman–Crippen MR) is 35.6 cm³/mol. The first-order chi connectivity index (χ1) is 4.74. The zero-order chi connectivity index (χ0) is 7.19. The Morgan fingerprint density at radius 1 is 1.80 bits per heavy atom. The Bertz CT molecular complexity index is 194. The van der Waals surface area contributed by atoms with E-state index < -0.39 is 0 Å². The Balaban J connectivity index is 2.16. The summed E-state index contributed by atoms with van der Waals surface area (Å²) in [6.45, 7) is 3.62. The van der Waals surface area contributed by atoms with E-state index in [-0.39, 0.29) is 11.7 Å². The van der Waals surface area contributed by atoms with Crippen LogP contribution in [0.25, 0.3) is 0 Å². The van der Waals surface area contributed by atoms with Crippen molar-refractivity contribution in [1.82, 2.24) is 5.32 Å². The van der Waals surface area contributed by atoms with Gasteiger partial charge in [-0.3, -0.25) is 0 Å². The minimum absolute atomic E-state index is 0.303. The van der Waals surface area contributed by atoms with Gasteiger partial charge in [-0.15, -0.1) is 0 Å². The quantitative estimate of drug-likeness (QED) is 0.546. The third-order valence-corrected chi connectivity index (χ3v) is 2.17. The summed E-state index contributed by atoms with van der Waals surface area (Å²) >= 11 is 0. The second-order valence-corrected chi connectivity index (χ2v) is 2.91. The van der Waals surface area contributed by atoms with Crippen LogP contribution < -0.4 is 5.32 Å². The van der Waals surface area contributed by atoms with E-state index in [1.54, 1.807) is 6.08 Å². The molecule has 0 unspecified atom stereocenters. The number of hydrogen-bond acceptors (Lipinski definition) is 2. The van der Waals surface area contributed by atoms with Gasteiger partial charge in [0.25, 0.3) is 0 Å². The van der Waals surface area contributed by atoms with Crippen LogP contribution in [0.4, 0.5) is 4.79 Å². The van der Waals surface area contributed by atoms with Crippen molar-refractivity contribution in [3.63, 3.8) is 0 Å². The summed E-state index contributed by atoms with van der Waals surface area (Å²) in [6, 6.07) is 0.333. The molecular formula is C7H9NO2. The van der Waals surface area contributed by atoms with Crippen LogP contribution in [0.5, 0.6) is 0 Å². The van der Waals surface area contributed by atoms with Gasteiger partial charge in [0.1, 0.15) is 5.60 Å². The van der Waals surface area contributed by atoms with Crippen LogP contribution in [-0.4, -0.2) is 17.7 Å². The van der Waals surface area contributed by atoms with Gasteiger partial charge in [0.2, 0.25) is 0 Å². The highest BCUT2D eigenvalue weighted by molar-refractivity contribution is 5.71. The van der Waals surface area contributed by atoms with Crippen LogP contribution >= 0.6 is 0 Å². The first-order valence-corrected chi connectivity index (χ1v) is 3.37. The van der Waals surface area contributed by atoms with Crippen LogP contribution in [0, 0.1) is 0 Å². The standard InChI is InChI=1S/C7H9NO2/c1-2-7-3-5(4-7)8-6(9)10-7/h2,5H,1,3-4H2,(H,8,9). The molecule has 10 heavy (non-hydrogen) atoms. The molecule has 3 fully saturated rings. The summed E-state index contributed by atoms with van der Waals surface area (Å²) in [5.41, 5.74) is -0.312. The molecule has 2 aliphatic heterocycles. The van der Waals surface area contributed by atoms with E-state index in [0.717, 1.165) is 12.8 Å². The fraction of sp³-hybridized carbons (Fsp3) is 0.571. The van der Waals surface area contributed by atoms with Crippen LogP contribution in [-0.2, 0) is 4.74 Å². The third kappa shape index (κ3) is 0.574. The number of carbonyl (C=O) groups is 1. The fourth-order valence-electron chi connectivity index (χ4n) is 1.55. The Labute approximate surface area is 59.1 Å². The molecule has 1 amide bonds. The highest BCUT2D eigenvalue weighted by Gasteiger charge is 2.50. The minimum atomic E-state index is -0.312. The lowest BCUT2D eigenvalue weighted by Gasteiger charge is -2.49. The highest BCUT2D eigenvalue weighted by Crippen LogP contribution is 2.40. The molecular weight excluding hydrogens is 130 g/mol. The lowest BCUT2D eigenvalue weighted by Crippen LogP contribution is -2.63. The molecule has 2 saturated heterocycles. The number of rotatable bonds is 1. The van der Waals surface area contributed by atoms with Crippen molar-refractivity contribution in [1.29, 1.82) is 0 Å². The smallest absolute Gasteiger partial charge is 0.408 e. The summed E-state index contributed by atoms with van der Waals surface area (Å²) < 4.78 is 5.02. The predicted octanol–water partition coefficient (Wildman–Crippen LogP) is 0.813. The molecule has 0 atom stereocenters. The second-order valence-electron chi connectivity index (χ2n) is 2.91. The van der Waals surface area contributed by atoms with Gasteiger partial charge in [0.15, 0.2) is 0 Å². The number of fused-ring (bicyclic) bond motifs is 2. The van der Waals surface area contributed by atoms with E-state index in [4.69, 9.17) is 4.74 Å². The molecule has 3 aliphatic rings. The van der Waals surface area contributed by atoms with Gasteiger partial charge >= 0.3 is 6.09 Å².